The van der Waals surface area contributed by atoms with Gasteiger partial charge in [0.2, 0.25) is 11.5 Å². The fraction of sp³-hybridized carbons (Fsp3) is 0.0417. The first-order valence-corrected chi connectivity index (χ1v) is 10.6. The van der Waals surface area contributed by atoms with Crippen molar-refractivity contribution in [1.29, 1.82) is 5.26 Å². The molecule has 5 rings (SSSR count). The molecular formula is C24H17IN5+. The van der Waals surface area contributed by atoms with Crippen LogP contribution in [0.5, 0.6) is 0 Å². The molecule has 0 saturated heterocycles. The normalized spacial score (nSPS) is 18.7. The summed E-state index contributed by atoms with van der Waals surface area (Å²) in [6.45, 7) is 0.657. The molecule has 3 aromatic rings. The molecule has 5 nitrogen and oxygen atoms in total. The maximum Gasteiger partial charge on any atom is 0.351 e. The van der Waals surface area contributed by atoms with Crippen LogP contribution in [0.4, 0.5) is 11.4 Å². The maximum atomic E-state index is 10.3. The molecule has 2 aliphatic heterocycles. The second kappa shape index (κ2) is 7.52. The van der Waals surface area contributed by atoms with E-state index in [1.807, 2.05) is 60.7 Å². The molecule has 0 aliphatic carbocycles. The number of hydrogen-bond acceptors (Lipinski definition) is 4. The SMILES string of the molecule is N#C[N+]12N=C(c3ccccc3)N=C1C=Cc1cc(I)cc(NCc3ccccc3)c12. The minimum atomic E-state index is -0.301. The Hall–Kier alpha value is -3.28. The second-order valence-electron chi connectivity index (χ2n) is 7.06. The minimum absolute atomic E-state index is 0.301. The number of nitriles is 1. The number of hydrogen-bond donors (Lipinski definition) is 1. The molecule has 144 valence electrons. The van der Waals surface area contributed by atoms with Gasteiger partial charge < -0.3 is 5.32 Å². The number of halogens is 1. The third kappa shape index (κ3) is 3.12. The first-order valence-electron chi connectivity index (χ1n) is 9.55. The van der Waals surface area contributed by atoms with Gasteiger partial charge >= 0.3 is 6.19 Å². The number of nitrogens with one attached hydrogen (secondary N) is 1. The predicted octanol–water partition coefficient (Wildman–Crippen LogP) is 5.49. The van der Waals surface area contributed by atoms with Crippen LogP contribution in [0, 0.1) is 15.0 Å². The van der Waals surface area contributed by atoms with E-state index in [-0.39, 0.29) is 4.59 Å². The van der Waals surface area contributed by atoms with Crippen molar-refractivity contribution in [2.75, 3.05) is 5.32 Å². The molecule has 1 atom stereocenters. The zero-order valence-electron chi connectivity index (χ0n) is 16.0. The number of benzene rings is 3. The van der Waals surface area contributed by atoms with E-state index in [4.69, 9.17) is 10.1 Å². The third-order valence-corrected chi connectivity index (χ3v) is 5.76. The fourth-order valence-corrected chi connectivity index (χ4v) is 4.39. The highest BCUT2D eigenvalue weighted by Crippen LogP contribution is 2.43. The van der Waals surface area contributed by atoms with E-state index in [0.717, 1.165) is 26.1 Å². The Morgan fingerprint density at radius 3 is 2.43 bits per heavy atom. The molecular weight excluding hydrogens is 485 g/mol. The lowest BCUT2D eigenvalue weighted by Gasteiger charge is -2.25. The first-order chi connectivity index (χ1) is 14.7. The summed E-state index contributed by atoms with van der Waals surface area (Å²) in [5.41, 5.74) is 4.73. The van der Waals surface area contributed by atoms with Crippen LogP contribution in [0.15, 0.2) is 89.0 Å². The molecule has 30 heavy (non-hydrogen) atoms. The molecule has 2 heterocycles. The van der Waals surface area contributed by atoms with Crippen LogP contribution in [0.1, 0.15) is 16.7 Å². The maximum absolute atomic E-state index is 10.3. The average Bonchev–Trinajstić information content (AvgIpc) is 3.19. The second-order valence-corrected chi connectivity index (χ2v) is 8.30. The van der Waals surface area contributed by atoms with Gasteiger partial charge in [-0.3, -0.25) is 0 Å². The molecule has 1 N–H and O–H groups in total. The van der Waals surface area contributed by atoms with Crippen LogP contribution < -0.4 is 9.91 Å². The van der Waals surface area contributed by atoms with E-state index in [1.54, 1.807) is 0 Å². The summed E-state index contributed by atoms with van der Waals surface area (Å²) in [7, 11) is 0. The summed E-state index contributed by atoms with van der Waals surface area (Å²) in [5, 5.41) is 18.7. The van der Waals surface area contributed by atoms with Crippen molar-refractivity contribution in [2.24, 2.45) is 10.1 Å². The van der Waals surface area contributed by atoms with Crippen molar-refractivity contribution >= 4 is 51.7 Å². The molecule has 3 aromatic carbocycles. The van der Waals surface area contributed by atoms with Crippen molar-refractivity contribution in [3.63, 3.8) is 0 Å². The van der Waals surface area contributed by atoms with Crippen LogP contribution >= 0.6 is 22.6 Å². The smallest absolute Gasteiger partial charge is 0.351 e. The third-order valence-electron chi connectivity index (χ3n) is 5.14. The molecule has 1 unspecified atom stereocenters. The average molecular weight is 502 g/mol. The molecule has 0 spiro atoms. The van der Waals surface area contributed by atoms with E-state index in [0.29, 0.717) is 18.2 Å². The fourth-order valence-electron chi connectivity index (χ4n) is 3.74. The van der Waals surface area contributed by atoms with Gasteiger partial charge in [0, 0.05) is 27.3 Å². The highest BCUT2D eigenvalue weighted by Gasteiger charge is 2.49. The van der Waals surface area contributed by atoms with E-state index >= 15 is 0 Å². The zero-order valence-corrected chi connectivity index (χ0v) is 18.1. The van der Waals surface area contributed by atoms with Crippen molar-refractivity contribution in [3.05, 3.63) is 99.1 Å². The highest BCUT2D eigenvalue weighted by atomic mass is 127. The van der Waals surface area contributed by atoms with Crippen molar-refractivity contribution in [1.82, 2.24) is 4.59 Å². The molecule has 0 amide bonds. The Morgan fingerprint density at radius 2 is 1.70 bits per heavy atom. The topological polar surface area (TPSA) is 60.5 Å². The summed E-state index contributed by atoms with van der Waals surface area (Å²) < 4.78 is 0.791. The monoisotopic (exact) mass is 502 g/mol. The Morgan fingerprint density at radius 1 is 0.967 bits per heavy atom. The largest absolute Gasteiger partial charge is 0.376 e. The lowest BCUT2D eigenvalue weighted by molar-refractivity contribution is 0.610. The van der Waals surface area contributed by atoms with Gasteiger partial charge in [-0.2, -0.15) is 4.99 Å². The Labute approximate surface area is 188 Å². The van der Waals surface area contributed by atoms with E-state index in [1.165, 1.54) is 5.56 Å². The number of rotatable bonds is 4. The number of quaternary nitrogens is 1. The lowest BCUT2D eigenvalue weighted by Crippen LogP contribution is -2.44. The summed E-state index contributed by atoms with van der Waals surface area (Å²) in [5.74, 6) is 1.17. The Kier molecular flexibility index (Phi) is 4.69. The van der Waals surface area contributed by atoms with E-state index in [2.05, 4.69) is 58.4 Å². The van der Waals surface area contributed by atoms with Gasteiger partial charge in [0.05, 0.1) is 0 Å². The predicted molar refractivity (Wildman–Crippen MR) is 130 cm³/mol. The number of fused-ring (bicyclic) bond motifs is 3. The van der Waals surface area contributed by atoms with Gasteiger partial charge in [-0.1, -0.05) is 60.7 Å². The van der Waals surface area contributed by atoms with E-state index in [9.17, 15) is 5.26 Å². The molecule has 6 heteroatoms. The quantitative estimate of drug-likeness (QED) is 0.291. The van der Waals surface area contributed by atoms with Gasteiger partial charge in [0.15, 0.2) is 0 Å². The van der Waals surface area contributed by atoms with Crippen LogP contribution in [-0.4, -0.2) is 11.7 Å². The van der Waals surface area contributed by atoms with Gasteiger partial charge in [-0.15, -0.1) is 5.26 Å². The lowest BCUT2D eigenvalue weighted by atomic mass is 10.0. The number of nitrogens with zero attached hydrogens (tertiary/aromatic N) is 4. The summed E-state index contributed by atoms with van der Waals surface area (Å²) in [6, 6.07) is 24.1. The van der Waals surface area contributed by atoms with Gasteiger partial charge in [-0.05, 0) is 56.1 Å². The van der Waals surface area contributed by atoms with Gasteiger partial charge in [-0.25, -0.2) is 0 Å². The minimum Gasteiger partial charge on any atom is -0.376 e. The molecule has 2 aliphatic rings. The van der Waals surface area contributed by atoms with Crippen molar-refractivity contribution < 1.29 is 0 Å². The molecule has 0 saturated carbocycles. The van der Waals surface area contributed by atoms with Crippen LogP contribution in [0.25, 0.3) is 6.08 Å². The Bertz CT molecular complexity index is 1260. The van der Waals surface area contributed by atoms with Crippen molar-refractivity contribution in [2.45, 2.75) is 6.54 Å². The van der Waals surface area contributed by atoms with Crippen molar-refractivity contribution in [3.8, 4) is 6.19 Å². The highest BCUT2D eigenvalue weighted by molar-refractivity contribution is 14.1. The first kappa shape index (κ1) is 18.7. The standard InChI is InChI=1S/C24H17IN5/c25-20-13-19-11-12-22-28-24(18-9-5-2-6-10-18)29-30(22,16-26)23(19)21(14-20)27-15-17-7-3-1-4-8-17/h1-14,27H,15H2/q+1. The number of amidine groups is 2. The zero-order chi connectivity index (χ0) is 20.6. The molecule has 0 fully saturated rings. The molecule has 0 aromatic heterocycles. The summed E-state index contributed by atoms with van der Waals surface area (Å²) in [4.78, 5) is 4.70. The van der Waals surface area contributed by atoms with Crippen LogP contribution in [0.2, 0.25) is 0 Å². The molecule has 0 radical (unpaired) electrons. The van der Waals surface area contributed by atoms with Gasteiger partial charge in [0.1, 0.15) is 5.69 Å². The van der Waals surface area contributed by atoms with Crippen LogP contribution in [0.3, 0.4) is 0 Å². The van der Waals surface area contributed by atoms with Crippen LogP contribution in [-0.2, 0) is 6.54 Å². The number of aliphatic imine (C=N–C) groups is 1. The summed E-state index contributed by atoms with van der Waals surface area (Å²) in [6.07, 6.45) is 6.32. The van der Waals surface area contributed by atoms with Gasteiger partial charge in [0.25, 0.3) is 5.84 Å². The summed E-state index contributed by atoms with van der Waals surface area (Å²) >= 11 is 2.31. The number of anilines is 1. The van der Waals surface area contributed by atoms with E-state index < -0.39 is 0 Å². The Balaban J connectivity index is 1.63. The molecule has 0 bridgehead atoms.